The number of anilines is 1. The van der Waals surface area contributed by atoms with Crippen LogP contribution in [0.15, 0.2) is 48.5 Å². The van der Waals surface area contributed by atoms with Crippen molar-refractivity contribution in [2.45, 2.75) is 0 Å². The number of nitrogen functional groups attached to an aromatic ring is 1. The molecule has 0 saturated carbocycles. The van der Waals surface area contributed by atoms with Gasteiger partial charge in [-0.25, -0.2) is 4.79 Å². The zero-order chi connectivity index (χ0) is 13.8. The summed E-state index contributed by atoms with van der Waals surface area (Å²) in [5, 5.41) is 0. The van der Waals surface area contributed by atoms with E-state index < -0.39 is 5.97 Å². The van der Waals surface area contributed by atoms with Crippen molar-refractivity contribution in [3.05, 3.63) is 65.2 Å². The molecule has 0 aliphatic rings. The highest BCUT2D eigenvalue weighted by molar-refractivity contribution is 6.12. The molecule has 0 heterocycles. The predicted molar refractivity (Wildman–Crippen MR) is 72.1 cm³/mol. The van der Waals surface area contributed by atoms with Gasteiger partial charge < -0.3 is 10.5 Å². The fourth-order valence-electron chi connectivity index (χ4n) is 1.76. The summed E-state index contributed by atoms with van der Waals surface area (Å²) in [4.78, 5) is 23.6. The second kappa shape index (κ2) is 5.35. The molecule has 0 aliphatic heterocycles. The van der Waals surface area contributed by atoms with Crippen LogP contribution in [-0.2, 0) is 4.74 Å². The number of benzene rings is 2. The molecule has 0 amide bonds. The van der Waals surface area contributed by atoms with Crippen LogP contribution in [0.5, 0.6) is 0 Å². The molecular weight excluding hydrogens is 242 g/mol. The molecule has 0 fully saturated rings. The number of ketones is 1. The number of methoxy groups -OCH3 is 1. The van der Waals surface area contributed by atoms with Crippen LogP contribution in [0, 0.1) is 0 Å². The Balaban J connectivity index is 2.37. The SMILES string of the molecule is COC(=O)c1ccc(C(=O)c2ccccc2)c(N)c1. The summed E-state index contributed by atoms with van der Waals surface area (Å²) in [5.41, 5.74) is 7.34. The first-order valence-electron chi connectivity index (χ1n) is 5.71. The summed E-state index contributed by atoms with van der Waals surface area (Å²) < 4.78 is 4.60. The topological polar surface area (TPSA) is 69.4 Å². The molecule has 19 heavy (non-hydrogen) atoms. The first kappa shape index (κ1) is 12.8. The number of hydrogen-bond donors (Lipinski definition) is 1. The van der Waals surface area contributed by atoms with Gasteiger partial charge in [0.05, 0.1) is 12.7 Å². The highest BCUT2D eigenvalue weighted by Crippen LogP contribution is 2.19. The third-order valence-electron chi connectivity index (χ3n) is 2.75. The van der Waals surface area contributed by atoms with Crippen molar-refractivity contribution in [2.75, 3.05) is 12.8 Å². The van der Waals surface area contributed by atoms with Crippen molar-refractivity contribution >= 4 is 17.4 Å². The average Bonchev–Trinajstić information content (AvgIpc) is 2.46. The Morgan fingerprint density at radius 1 is 1.00 bits per heavy atom. The lowest BCUT2D eigenvalue weighted by Crippen LogP contribution is -2.08. The van der Waals surface area contributed by atoms with E-state index in [1.165, 1.54) is 25.3 Å². The molecule has 0 unspecified atom stereocenters. The molecule has 0 aromatic heterocycles. The van der Waals surface area contributed by atoms with Gasteiger partial charge in [-0.05, 0) is 18.2 Å². The lowest BCUT2D eigenvalue weighted by atomic mass is 10.0. The fourth-order valence-corrected chi connectivity index (χ4v) is 1.76. The second-order valence-electron chi connectivity index (χ2n) is 3.99. The van der Waals surface area contributed by atoms with Crippen molar-refractivity contribution in [1.29, 1.82) is 0 Å². The number of nitrogens with two attached hydrogens (primary N) is 1. The normalized spacial score (nSPS) is 9.95. The maximum atomic E-state index is 12.2. The van der Waals surface area contributed by atoms with E-state index in [1.54, 1.807) is 24.3 Å². The molecule has 2 aromatic carbocycles. The van der Waals surface area contributed by atoms with Crippen LogP contribution in [0.25, 0.3) is 0 Å². The van der Waals surface area contributed by atoms with Gasteiger partial charge in [0.25, 0.3) is 0 Å². The first-order chi connectivity index (χ1) is 9.13. The molecule has 96 valence electrons. The molecule has 0 bridgehead atoms. The molecule has 2 N–H and O–H groups in total. The summed E-state index contributed by atoms with van der Waals surface area (Å²) in [5.74, 6) is -0.653. The van der Waals surface area contributed by atoms with Crippen LogP contribution in [-0.4, -0.2) is 18.9 Å². The number of hydrogen-bond acceptors (Lipinski definition) is 4. The number of esters is 1. The Morgan fingerprint density at radius 2 is 1.68 bits per heavy atom. The van der Waals surface area contributed by atoms with E-state index in [9.17, 15) is 9.59 Å². The molecule has 0 saturated heterocycles. The lowest BCUT2D eigenvalue weighted by molar-refractivity contribution is 0.0600. The molecule has 0 atom stereocenters. The summed E-state index contributed by atoms with van der Waals surface area (Å²) in [6.07, 6.45) is 0. The Kier molecular flexibility index (Phi) is 3.61. The van der Waals surface area contributed by atoms with Crippen LogP contribution in [0.4, 0.5) is 5.69 Å². The van der Waals surface area contributed by atoms with Crippen LogP contribution in [0.1, 0.15) is 26.3 Å². The molecule has 4 nitrogen and oxygen atoms in total. The van der Waals surface area contributed by atoms with Crippen LogP contribution < -0.4 is 5.73 Å². The maximum Gasteiger partial charge on any atom is 0.337 e. The monoisotopic (exact) mass is 255 g/mol. The minimum absolute atomic E-state index is 0.172. The lowest BCUT2D eigenvalue weighted by Gasteiger charge is -2.06. The van der Waals surface area contributed by atoms with Crippen molar-refractivity contribution < 1.29 is 14.3 Å². The minimum atomic E-state index is -0.481. The quantitative estimate of drug-likeness (QED) is 0.519. The third-order valence-corrected chi connectivity index (χ3v) is 2.75. The van der Waals surface area contributed by atoms with Gasteiger partial charge in [-0.2, -0.15) is 0 Å². The smallest absolute Gasteiger partial charge is 0.337 e. The van der Waals surface area contributed by atoms with Gasteiger partial charge in [0.1, 0.15) is 0 Å². The van der Waals surface area contributed by atoms with Gasteiger partial charge in [0, 0.05) is 16.8 Å². The third kappa shape index (κ3) is 2.63. The van der Waals surface area contributed by atoms with E-state index in [2.05, 4.69) is 4.74 Å². The van der Waals surface area contributed by atoms with Crippen LogP contribution in [0.2, 0.25) is 0 Å². The average molecular weight is 255 g/mol. The van der Waals surface area contributed by atoms with Crippen molar-refractivity contribution in [3.63, 3.8) is 0 Å². The molecule has 2 rings (SSSR count). The van der Waals surface area contributed by atoms with E-state index >= 15 is 0 Å². The molecule has 2 aromatic rings. The molecule has 0 aliphatic carbocycles. The Bertz CT molecular complexity index is 621. The van der Waals surface area contributed by atoms with Crippen LogP contribution >= 0.6 is 0 Å². The van der Waals surface area contributed by atoms with Crippen molar-refractivity contribution in [2.24, 2.45) is 0 Å². The molecular formula is C15H13NO3. The predicted octanol–water partition coefficient (Wildman–Crippen LogP) is 2.29. The van der Waals surface area contributed by atoms with Crippen molar-refractivity contribution in [3.8, 4) is 0 Å². The largest absolute Gasteiger partial charge is 0.465 e. The molecule has 0 radical (unpaired) electrons. The van der Waals surface area contributed by atoms with Gasteiger partial charge in [-0.15, -0.1) is 0 Å². The highest BCUT2D eigenvalue weighted by atomic mass is 16.5. The Labute approximate surface area is 110 Å². The molecule has 0 spiro atoms. The summed E-state index contributed by atoms with van der Waals surface area (Å²) in [7, 11) is 1.29. The van der Waals surface area contributed by atoms with E-state index in [4.69, 9.17) is 5.73 Å². The molecule has 4 heteroatoms. The summed E-state index contributed by atoms with van der Waals surface area (Å²) >= 11 is 0. The van der Waals surface area contributed by atoms with Gasteiger partial charge in [-0.1, -0.05) is 30.3 Å². The zero-order valence-corrected chi connectivity index (χ0v) is 10.4. The first-order valence-corrected chi connectivity index (χ1v) is 5.71. The maximum absolute atomic E-state index is 12.2. The van der Waals surface area contributed by atoms with Gasteiger partial charge >= 0.3 is 5.97 Å². The van der Waals surface area contributed by atoms with Crippen molar-refractivity contribution in [1.82, 2.24) is 0 Å². The number of rotatable bonds is 3. The zero-order valence-electron chi connectivity index (χ0n) is 10.4. The van der Waals surface area contributed by atoms with E-state index in [0.29, 0.717) is 16.7 Å². The van der Waals surface area contributed by atoms with E-state index in [1.807, 2.05) is 6.07 Å². The number of carbonyl (C=O) groups is 2. The Hall–Kier alpha value is -2.62. The fraction of sp³-hybridized carbons (Fsp3) is 0.0667. The Morgan fingerprint density at radius 3 is 2.26 bits per heavy atom. The van der Waals surface area contributed by atoms with E-state index in [0.717, 1.165) is 0 Å². The minimum Gasteiger partial charge on any atom is -0.465 e. The van der Waals surface area contributed by atoms with Gasteiger partial charge in [-0.3, -0.25) is 4.79 Å². The van der Waals surface area contributed by atoms with E-state index in [-0.39, 0.29) is 11.5 Å². The highest BCUT2D eigenvalue weighted by Gasteiger charge is 2.14. The standard InChI is InChI=1S/C15H13NO3/c1-19-15(18)11-7-8-12(13(16)9-11)14(17)10-5-3-2-4-6-10/h2-9H,16H2,1H3. The van der Waals surface area contributed by atoms with Crippen LogP contribution in [0.3, 0.4) is 0 Å². The number of carbonyl (C=O) groups excluding carboxylic acids is 2. The van der Waals surface area contributed by atoms with Gasteiger partial charge in [0.2, 0.25) is 0 Å². The summed E-state index contributed by atoms with van der Waals surface area (Å²) in [6.45, 7) is 0. The summed E-state index contributed by atoms with van der Waals surface area (Å²) in [6, 6.07) is 13.3. The van der Waals surface area contributed by atoms with Gasteiger partial charge in [0.15, 0.2) is 5.78 Å². The number of ether oxygens (including phenoxy) is 1. The second-order valence-corrected chi connectivity index (χ2v) is 3.99.